The van der Waals surface area contributed by atoms with E-state index in [0.717, 1.165) is 0 Å². The zero-order valence-electron chi connectivity index (χ0n) is 12.6. The molecule has 1 heterocycles. The summed E-state index contributed by atoms with van der Waals surface area (Å²) in [5.74, 6) is -0.860. The Morgan fingerprint density at radius 2 is 1.91 bits per heavy atom. The van der Waals surface area contributed by atoms with Crippen LogP contribution in [0.25, 0.3) is 0 Å². The van der Waals surface area contributed by atoms with Crippen molar-refractivity contribution in [3.05, 3.63) is 53.6 Å². The molecule has 2 nitrogen and oxygen atoms in total. The van der Waals surface area contributed by atoms with Gasteiger partial charge < -0.3 is 0 Å². The molecule has 1 N–H and O–H groups in total. The molecule has 0 radical (unpaired) electrons. The van der Waals surface area contributed by atoms with E-state index < -0.39 is 5.97 Å². The van der Waals surface area contributed by atoms with E-state index >= 15 is 0 Å². The summed E-state index contributed by atoms with van der Waals surface area (Å²) in [5, 5.41) is 10.3. The molecular weight excluding hydrogens is 406 g/mol. The zero-order chi connectivity index (χ0) is 15.7. The molecule has 1 aliphatic rings. The molecule has 0 aromatic heterocycles. The fraction of sp³-hybridized carbons (Fsp3) is 0.278. The van der Waals surface area contributed by atoms with Crippen LogP contribution in [0, 0.1) is 0 Å². The van der Waals surface area contributed by atoms with Crippen LogP contribution in [0.4, 0.5) is 0 Å². The maximum absolute atomic E-state index is 10.9. The van der Waals surface area contributed by atoms with Crippen molar-refractivity contribution in [2.75, 3.05) is 0 Å². The van der Waals surface area contributed by atoms with Crippen LogP contribution in [-0.4, -0.2) is 41.0 Å². The standard InChI is InChI=1S/C18H18O2Se2/c1-18(2)10-11-21-16-14(18)4-3-5-15(16)22-13-8-6-12(7-9-13)17(19)20/h3-9H,10-11H2,1-2H3,(H,19,20). The van der Waals surface area contributed by atoms with Crippen LogP contribution in [0.2, 0.25) is 5.32 Å². The second kappa shape index (κ2) is 6.21. The van der Waals surface area contributed by atoms with Crippen LogP contribution >= 0.6 is 0 Å². The molecule has 0 atom stereocenters. The number of rotatable bonds is 3. The molecule has 0 amide bonds. The van der Waals surface area contributed by atoms with Crippen LogP contribution in [-0.2, 0) is 5.41 Å². The number of hydrogen-bond acceptors (Lipinski definition) is 1. The molecule has 0 unspecified atom stereocenters. The van der Waals surface area contributed by atoms with E-state index in [0.29, 0.717) is 20.5 Å². The molecule has 2 aromatic carbocycles. The maximum atomic E-state index is 10.9. The second-order valence-corrected chi connectivity index (χ2v) is 10.7. The minimum atomic E-state index is -0.860. The third-order valence-electron chi connectivity index (χ3n) is 4.01. The number of fused-ring (bicyclic) bond motifs is 1. The summed E-state index contributed by atoms with van der Waals surface area (Å²) in [6, 6.07) is 14.1. The summed E-state index contributed by atoms with van der Waals surface area (Å²) in [6.07, 6.45) is 1.28. The fourth-order valence-electron chi connectivity index (χ4n) is 2.61. The summed E-state index contributed by atoms with van der Waals surface area (Å²) in [5.41, 5.74) is 2.18. The van der Waals surface area contributed by atoms with E-state index in [2.05, 4.69) is 32.0 Å². The van der Waals surface area contributed by atoms with Gasteiger partial charge in [-0.15, -0.1) is 0 Å². The first-order chi connectivity index (χ1) is 10.5. The summed E-state index contributed by atoms with van der Waals surface area (Å²) in [7, 11) is 0. The molecule has 22 heavy (non-hydrogen) atoms. The number of aromatic carboxylic acids is 1. The van der Waals surface area contributed by atoms with Crippen molar-refractivity contribution >= 4 is 49.3 Å². The fourth-order valence-corrected chi connectivity index (χ4v) is 8.75. The van der Waals surface area contributed by atoms with Gasteiger partial charge in [0.25, 0.3) is 0 Å². The number of carboxylic acid groups (broad SMARTS) is 1. The Morgan fingerprint density at radius 1 is 1.18 bits per heavy atom. The molecule has 0 saturated carbocycles. The van der Waals surface area contributed by atoms with E-state index in [1.54, 1.807) is 16.6 Å². The molecular formula is C18H18O2Se2. The Balaban J connectivity index is 1.92. The normalized spacial score (nSPS) is 16.1. The monoisotopic (exact) mass is 426 g/mol. The molecule has 3 rings (SSSR count). The van der Waals surface area contributed by atoms with E-state index in [-0.39, 0.29) is 20.4 Å². The SMILES string of the molecule is CC1(C)CC[Se]c2c([Se]c3ccc(C(=O)O)cc3)cccc21. The zero-order valence-corrected chi connectivity index (χ0v) is 16.1. The molecule has 1 aliphatic heterocycles. The average molecular weight is 424 g/mol. The predicted molar refractivity (Wildman–Crippen MR) is 92.7 cm³/mol. The van der Waals surface area contributed by atoms with Crippen LogP contribution in [0.5, 0.6) is 0 Å². The van der Waals surface area contributed by atoms with Gasteiger partial charge in [0.1, 0.15) is 0 Å². The third-order valence-corrected chi connectivity index (χ3v) is 9.29. The Bertz CT molecular complexity index is 706. The first-order valence-corrected chi connectivity index (χ1v) is 11.0. The van der Waals surface area contributed by atoms with Crippen molar-refractivity contribution in [1.82, 2.24) is 0 Å². The van der Waals surface area contributed by atoms with Gasteiger partial charge in [-0.05, 0) is 0 Å². The molecule has 0 bridgehead atoms. The van der Waals surface area contributed by atoms with Crippen molar-refractivity contribution in [2.24, 2.45) is 0 Å². The first kappa shape index (κ1) is 15.8. The van der Waals surface area contributed by atoms with Gasteiger partial charge in [0, 0.05) is 0 Å². The predicted octanol–water partition coefficient (Wildman–Crippen LogP) is 1.47. The summed E-state index contributed by atoms with van der Waals surface area (Å²) in [4.78, 5) is 10.9. The van der Waals surface area contributed by atoms with Crippen LogP contribution in [0.15, 0.2) is 42.5 Å². The van der Waals surface area contributed by atoms with Gasteiger partial charge in [0.2, 0.25) is 0 Å². The Labute approximate surface area is 143 Å². The molecule has 114 valence electrons. The van der Waals surface area contributed by atoms with Crippen molar-refractivity contribution in [1.29, 1.82) is 0 Å². The quantitative estimate of drug-likeness (QED) is 0.759. The second-order valence-electron chi connectivity index (χ2n) is 6.05. The topological polar surface area (TPSA) is 37.3 Å². The molecule has 0 saturated heterocycles. The third kappa shape index (κ3) is 3.16. The van der Waals surface area contributed by atoms with E-state index in [4.69, 9.17) is 5.11 Å². The van der Waals surface area contributed by atoms with Gasteiger partial charge in [0.05, 0.1) is 0 Å². The Kier molecular flexibility index (Phi) is 4.47. The molecule has 2 aromatic rings. The average Bonchev–Trinajstić information content (AvgIpc) is 2.48. The van der Waals surface area contributed by atoms with Gasteiger partial charge in [-0.25, -0.2) is 0 Å². The first-order valence-electron chi connectivity index (χ1n) is 7.25. The van der Waals surface area contributed by atoms with Crippen LogP contribution < -0.4 is 13.4 Å². The van der Waals surface area contributed by atoms with Gasteiger partial charge in [-0.2, -0.15) is 0 Å². The number of carboxylic acids is 1. The van der Waals surface area contributed by atoms with Gasteiger partial charge in [0.15, 0.2) is 0 Å². The molecule has 0 spiro atoms. The van der Waals surface area contributed by atoms with Crippen molar-refractivity contribution in [3.63, 3.8) is 0 Å². The van der Waals surface area contributed by atoms with E-state index in [1.165, 1.54) is 26.2 Å². The van der Waals surface area contributed by atoms with Crippen molar-refractivity contribution in [2.45, 2.75) is 31.0 Å². The molecule has 4 heteroatoms. The Hall–Kier alpha value is -1.05. The van der Waals surface area contributed by atoms with Gasteiger partial charge >= 0.3 is 144 Å². The minimum absolute atomic E-state index is 0.248. The number of hydrogen-bond donors (Lipinski definition) is 1. The van der Waals surface area contributed by atoms with Crippen LogP contribution in [0.3, 0.4) is 0 Å². The Morgan fingerprint density at radius 3 is 2.59 bits per heavy atom. The van der Waals surface area contributed by atoms with Gasteiger partial charge in [-0.1, -0.05) is 0 Å². The number of carbonyl (C=O) groups is 1. The molecule has 0 fully saturated rings. The number of benzene rings is 2. The van der Waals surface area contributed by atoms with E-state index in [1.807, 2.05) is 12.1 Å². The summed E-state index contributed by atoms with van der Waals surface area (Å²) >= 11 is 0.821. The molecule has 0 aliphatic carbocycles. The van der Waals surface area contributed by atoms with Crippen LogP contribution in [0.1, 0.15) is 36.2 Å². The van der Waals surface area contributed by atoms with Gasteiger partial charge in [-0.3, -0.25) is 0 Å². The summed E-state index contributed by atoms with van der Waals surface area (Å²) in [6.45, 7) is 4.69. The summed E-state index contributed by atoms with van der Waals surface area (Å²) < 4.78 is 4.31. The van der Waals surface area contributed by atoms with Crippen molar-refractivity contribution in [3.8, 4) is 0 Å². The van der Waals surface area contributed by atoms with E-state index in [9.17, 15) is 4.79 Å². The van der Waals surface area contributed by atoms with Crippen molar-refractivity contribution < 1.29 is 9.90 Å².